The topological polar surface area (TPSA) is 64.0 Å². The lowest BCUT2D eigenvalue weighted by Crippen LogP contribution is -2.34. The van der Waals surface area contributed by atoms with Crippen LogP contribution < -0.4 is 4.72 Å². The van der Waals surface area contributed by atoms with E-state index in [2.05, 4.69) is 14.3 Å². The van der Waals surface area contributed by atoms with Crippen molar-refractivity contribution in [3.8, 4) is 0 Å². The highest BCUT2D eigenvalue weighted by Crippen LogP contribution is 2.18. The molecular weight excluding hydrogens is 238 g/mol. The molecule has 1 N–H and O–H groups in total. The van der Waals surface area contributed by atoms with E-state index in [1.165, 1.54) is 0 Å². The molecule has 1 aliphatic rings. The standard InChI is InChI=1S/C11H19N3O2S/c1-2-7-17(15,16)13-9-10-3-5-14-6-4-12-11(14)8-10/h4,6,10,13H,2-3,5,7-9H2,1H3. The maximum atomic E-state index is 11.5. The summed E-state index contributed by atoms with van der Waals surface area (Å²) in [6.45, 7) is 3.35. The number of fused-ring (bicyclic) bond motifs is 1. The number of imidazole rings is 1. The molecule has 0 saturated heterocycles. The maximum absolute atomic E-state index is 11.5. The van der Waals surface area contributed by atoms with E-state index in [4.69, 9.17) is 0 Å². The Bertz CT molecular complexity index is 467. The Labute approximate surface area is 102 Å². The summed E-state index contributed by atoms with van der Waals surface area (Å²) in [4.78, 5) is 4.27. The Morgan fingerprint density at radius 2 is 2.41 bits per heavy atom. The van der Waals surface area contributed by atoms with E-state index < -0.39 is 10.0 Å². The van der Waals surface area contributed by atoms with Crippen molar-refractivity contribution < 1.29 is 8.42 Å². The Kier molecular flexibility index (Phi) is 3.83. The molecule has 1 unspecified atom stereocenters. The van der Waals surface area contributed by atoms with Gasteiger partial charge in [0.05, 0.1) is 5.75 Å². The number of aromatic nitrogens is 2. The highest BCUT2D eigenvalue weighted by molar-refractivity contribution is 7.89. The molecule has 1 aromatic heterocycles. The zero-order valence-electron chi connectivity index (χ0n) is 10.1. The normalized spacial score (nSPS) is 20.2. The third-order valence-corrected chi connectivity index (χ3v) is 4.67. The Morgan fingerprint density at radius 1 is 1.59 bits per heavy atom. The molecule has 0 bridgehead atoms. The minimum atomic E-state index is -3.07. The number of nitrogens with zero attached hydrogens (tertiary/aromatic N) is 2. The first-order chi connectivity index (χ1) is 8.11. The quantitative estimate of drug-likeness (QED) is 0.847. The number of hydrogen-bond donors (Lipinski definition) is 1. The predicted molar refractivity (Wildman–Crippen MR) is 66.1 cm³/mol. The fraction of sp³-hybridized carbons (Fsp3) is 0.727. The largest absolute Gasteiger partial charge is 0.335 e. The average molecular weight is 257 g/mol. The molecule has 2 rings (SSSR count). The van der Waals surface area contributed by atoms with Crippen LogP contribution in [0, 0.1) is 5.92 Å². The number of aryl methyl sites for hydroxylation is 1. The van der Waals surface area contributed by atoms with Crippen LogP contribution in [0.4, 0.5) is 0 Å². The second kappa shape index (κ2) is 5.18. The van der Waals surface area contributed by atoms with E-state index >= 15 is 0 Å². The van der Waals surface area contributed by atoms with Crippen LogP contribution in [0.1, 0.15) is 25.6 Å². The minimum Gasteiger partial charge on any atom is -0.335 e. The average Bonchev–Trinajstić information content (AvgIpc) is 2.73. The lowest BCUT2D eigenvalue weighted by Gasteiger charge is -2.23. The van der Waals surface area contributed by atoms with Crippen LogP contribution in [0.3, 0.4) is 0 Å². The van der Waals surface area contributed by atoms with Gasteiger partial charge in [0.1, 0.15) is 5.82 Å². The van der Waals surface area contributed by atoms with Crippen LogP contribution in [-0.4, -0.2) is 30.3 Å². The van der Waals surface area contributed by atoms with Crippen LogP contribution in [0.15, 0.2) is 12.4 Å². The molecule has 1 aromatic rings. The van der Waals surface area contributed by atoms with Gasteiger partial charge in [0.15, 0.2) is 0 Å². The van der Waals surface area contributed by atoms with Gasteiger partial charge < -0.3 is 4.57 Å². The summed E-state index contributed by atoms with van der Waals surface area (Å²) < 4.78 is 27.9. The maximum Gasteiger partial charge on any atom is 0.211 e. The van der Waals surface area contributed by atoms with Crippen molar-refractivity contribution in [2.45, 2.75) is 32.7 Å². The Hall–Kier alpha value is -0.880. The van der Waals surface area contributed by atoms with Gasteiger partial charge in [-0.2, -0.15) is 0 Å². The van der Waals surface area contributed by atoms with Crippen molar-refractivity contribution in [3.05, 3.63) is 18.2 Å². The first kappa shape index (κ1) is 12.6. The fourth-order valence-corrected chi connectivity index (χ4v) is 3.35. The molecule has 17 heavy (non-hydrogen) atoms. The van der Waals surface area contributed by atoms with Gasteiger partial charge in [0.25, 0.3) is 0 Å². The smallest absolute Gasteiger partial charge is 0.211 e. The van der Waals surface area contributed by atoms with Crippen molar-refractivity contribution in [2.75, 3.05) is 12.3 Å². The van der Waals surface area contributed by atoms with Gasteiger partial charge in [0.2, 0.25) is 10.0 Å². The van der Waals surface area contributed by atoms with Crippen LogP contribution in [0.5, 0.6) is 0 Å². The second-order valence-corrected chi connectivity index (χ2v) is 6.49. The summed E-state index contributed by atoms with van der Waals surface area (Å²) in [6.07, 6.45) is 6.32. The summed E-state index contributed by atoms with van der Waals surface area (Å²) in [6, 6.07) is 0. The van der Waals surface area contributed by atoms with E-state index in [1.807, 2.05) is 13.1 Å². The predicted octanol–water partition coefficient (Wildman–Crippen LogP) is 0.775. The van der Waals surface area contributed by atoms with Gasteiger partial charge in [-0.05, 0) is 18.8 Å². The first-order valence-electron chi connectivity index (χ1n) is 6.08. The van der Waals surface area contributed by atoms with Crippen LogP contribution in [0.25, 0.3) is 0 Å². The van der Waals surface area contributed by atoms with E-state index in [-0.39, 0.29) is 5.75 Å². The summed E-state index contributed by atoms with van der Waals surface area (Å²) >= 11 is 0. The van der Waals surface area contributed by atoms with Gasteiger partial charge >= 0.3 is 0 Å². The highest BCUT2D eigenvalue weighted by atomic mass is 32.2. The lowest BCUT2D eigenvalue weighted by molar-refractivity contribution is 0.379. The number of sulfonamides is 1. The zero-order valence-corrected chi connectivity index (χ0v) is 10.9. The van der Waals surface area contributed by atoms with Crippen molar-refractivity contribution in [1.29, 1.82) is 0 Å². The lowest BCUT2D eigenvalue weighted by atomic mass is 9.98. The Morgan fingerprint density at radius 3 is 3.18 bits per heavy atom. The van der Waals surface area contributed by atoms with Gasteiger partial charge in [-0.1, -0.05) is 6.92 Å². The molecule has 5 nitrogen and oxygen atoms in total. The van der Waals surface area contributed by atoms with Gasteiger partial charge in [-0.15, -0.1) is 0 Å². The molecule has 6 heteroatoms. The molecule has 1 aliphatic heterocycles. The van der Waals surface area contributed by atoms with Crippen LogP contribution in [-0.2, 0) is 23.0 Å². The van der Waals surface area contributed by atoms with Crippen molar-refractivity contribution in [2.24, 2.45) is 5.92 Å². The molecule has 0 amide bonds. The van der Waals surface area contributed by atoms with E-state index in [9.17, 15) is 8.42 Å². The SMILES string of the molecule is CCCS(=O)(=O)NCC1CCn2ccnc2C1. The second-order valence-electron chi connectivity index (χ2n) is 4.56. The third-order valence-electron chi connectivity index (χ3n) is 3.12. The van der Waals surface area contributed by atoms with Gasteiger partial charge in [0, 0.05) is 31.9 Å². The van der Waals surface area contributed by atoms with Crippen molar-refractivity contribution >= 4 is 10.0 Å². The number of hydrogen-bond acceptors (Lipinski definition) is 3. The molecule has 0 fully saturated rings. The molecule has 0 aliphatic carbocycles. The molecule has 0 radical (unpaired) electrons. The van der Waals surface area contributed by atoms with Gasteiger partial charge in [-0.25, -0.2) is 18.1 Å². The summed E-state index contributed by atoms with van der Waals surface area (Å²) in [5, 5.41) is 0. The first-order valence-corrected chi connectivity index (χ1v) is 7.73. The summed E-state index contributed by atoms with van der Waals surface area (Å²) in [7, 11) is -3.07. The van der Waals surface area contributed by atoms with Crippen molar-refractivity contribution in [1.82, 2.24) is 14.3 Å². The number of rotatable bonds is 5. The van der Waals surface area contributed by atoms with Gasteiger partial charge in [-0.3, -0.25) is 0 Å². The minimum absolute atomic E-state index is 0.217. The van der Waals surface area contributed by atoms with Crippen molar-refractivity contribution in [3.63, 3.8) is 0 Å². The summed E-state index contributed by atoms with van der Waals surface area (Å²) in [5.74, 6) is 1.65. The highest BCUT2D eigenvalue weighted by Gasteiger charge is 2.20. The molecule has 0 aromatic carbocycles. The molecule has 0 saturated carbocycles. The van der Waals surface area contributed by atoms with E-state index in [0.717, 1.165) is 25.2 Å². The Balaban J connectivity index is 1.86. The zero-order chi connectivity index (χ0) is 12.3. The molecule has 96 valence electrons. The fourth-order valence-electron chi connectivity index (χ4n) is 2.18. The summed E-state index contributed by atoms with van der Waals surface area (Å²) in [5.41, 5.74) is 0. The number of nitrogens with one attached hydrogen (secondary N) is 1. The third kappa shape index (κ3) is 3.29. The molecular formula is C11H19N3O2S. The van der Waals surface area contributed by atoms with E-state index in [1.54, 1.807) is 6.20 Å². The van der Waals surface area contributed by atoms with Crippen LogP contribution in [0.2, 0.25) is 0 Å². The monoisotopic (exact) mass is 257 g/mol. The van der Waals surface area contributed by atoms with Crippen LogP contribution >= 0.6 is 0 Å². The molecule has 2 heterocycles. The molecule has 1 atom stereocenters. The van der Waals surface area contributed by atoms with E-state index in [0.29, 0.717) is 18.9 Å². The molecule has 0 spiro atoms.